The van der Waals surface area contributed by atoms with E-state index in [1.165, 1.54) is 13.5 Å². The molecule has 0 unspecified atom stereocenters. The Morgan fingerprint density at radius 3 is 2.67 bits per heavy atom. The molecule has 1 aliphatic carbocycles. The fourth-order valence-electron chi connectivity index (χ4n) is 3.14. The third-order valence-electron chi connectivity index (χ3n) is 4.62. The third-order valence-corrected chi connectivity index (χ3v) is 5.00. The quantitative estimate of drug-likeness (QED) is 0.720. The van der Waals surface area contributed by atoms with E-state index < -0.39 is 5.97 Å². The van der Waals surface area contributed by atoms with Gasteiger partial charge in [-0.05, 0) is 18.4 Å². The van der Waals surface area contributed by atoms with Crippen LogP contribution in [0.15, 0.2) is 30.3 Å². The molecule has 2 heterocycles. The summed E-state index contributed by atoms with van der Waals surface area (Å²) < 4.78 is 4.89. The Labute approximate surface area is 144 Å². The number of carbonyl (C=O) groups is 1. The highest BCUT2D eigenvalue weighted by atomic mass is 35.5. The van der Waals surface area contributed by atoms with Crippen LogP contribution in [0.4, 0.5) is 0 Å². The second kappa shape index (κ2) is 5.91. The summed E-state index contributed by atoms with van der Waals surface area (Å²) in [5.74, 6) is -0.0900. The second-order valence-corrected chi connectivity index (χ2v) is 6.35. The number of rotatable bonds is 3. The highest BCUT2D eigenvalue weighted by Crippen LogP contribution is 2.43. The molecule has 1 fully saturated rings. The molecule has 3 aromatic rings. The van der Waals surface area contributed by atoms with Crippen LogP contribution < -0.4 is 0 Å². The number of nitrogens with one attached hydrogen (secondary N) is 1. The molecular formula is C18H16ClN3O2. The number of methoxy groups -OCH3 is 1. The van der Waals surface area contributed by atoms with Gasteiger partial charge in [0, 0.05) is 17.2 Å². The summed E-state index contributed by atoms with van der Waals surface area (Å²) in [7, 11) is 1.33. The molecule has 5 nitrogen and oxygen atoms in total. The average Bonchev–Trinajstić information content (AvgIpc) is 2.97. The number of hydrogen-bond acceptors (Lipinski definition) is 4. The minimum atomic E-state index is -0.522. The summed E-state index contributed by atoms with van der Waals surface area (Å²) in [6.07, 6.45) is 3.45. The SMILES string of the molecule is COC(=O)c1nc2n[nH]c(C3CCC3)c2c(Cl)c1-c1ccccc1. The van der Waals surface area contributed by atoms with E-state index in [-0.39, 0.29) is 5.69 Å². The van der Waals surface area contributed by atoms with Gasteiger partial charge in [0.2, 0.25) is 0 Å². The first-order valence-corrected chi connectivity index (χ1v) is 8.29. The number of aromatic nitrogens is 3. The lowest BCUT2D eigenvalue weighted by Gasteiger charge is -2.24. The predicted octanol–water partition coefficient (Wildman–Crippen LogP) is 4.33. The van der Waals surface area contributed by atoms with Crippen molar-refractivity contribution < 1.29 is 9.53 Å². The second-order valence-electron chi connectivity index (χ2n) is 5.97. The van der Waals surface area contributed by atoms with Gasteiger partial charge in [-0.2, -0.15) is 5.10 Å². The lowest BCUT2D eigenvalue weighted by atomic mass is 9.82. The van der Waals surface area contributed by atoms with E-state index in [9.17, 15) is 4.79 Å². The predicted molar refractivity (Wildman–Crippen MR) is 92.3 cm³/mol. The number of nitrogens with zero attached hydrogens (tertiary/aromatic N) is 2. The monoisotopic (exact) mass is 341 g/mol. The largest absolute Gasteiger partial charge is 0.464 e. The van der Waals surface area contributed by atoms with Crippen LogP contribution in [0.25, 0.3) is 22.2 Å². The van der Waals surface area contributed by atoms with E-state index in [0.717, 1.165) is 29.5 Å². The van der Waals surface area contributed by atoms with Crippen molar-refractivity contribution in [2.75, 3.05) is 7.11 Å². The van der Waals surface area contributed by atoms with Gasteiger partial charge in [0.25, 0.3) is 0 Å². The topological polar surface area (TPSA) is 67.9 Å². The highest BCUT2D eigenvalue weighted by molar-refractivity contribution is 6.39. The number of benzene rings is 1. The normalized spacial score (nSPS) is 14.6. The molecule has 0 aliphatic heterocycles. The number of H-pyrrole nitrogens is 1. The Morgan fingerprint density at radius 2 is 2.04 bits per heavy atom. The van der Waals surface area contributed by atoms with Gasteiger partial charge in [-0.25, -0.2) is 9.78 Å². The molecule has 0 saturated heterocycles. The summed E-state index contributed by atoms with van der Waals surface area (Å²) in [5, 5.41) is 8.65. The van der Waals surface area contributed by atoms with Crippen LogP contribution in [0, 0.1) is 0 Å². The number of pyridine rings is 1. The molecule has 0 atom stereocenters. The van der Waals surface area contributed by atoms with Gasteiger partial charge in [0.15, 0.2) is 11.3 Å². The molecule has 4 rings (SSSR count). The summed E-state index contributed by atoms with van der Waals surface area (Å²) >= 11 is 6.75. The van der Waals surface area contributed by atoms with Crippen LogP contribution in [0.3, 0.4) is 0 Å². The van der Waals surface area contributed by atoms with E-state index in [1.54, 1.807) is 0 Å². The minimum absolute atomic E-state index is 0.188. The van der Waals surface area contributed by atoms with E-state index in [0.29, 0.717) is 22.2 Å². The molecule has 0 spiro atoms. The van der Waals surface area contributed by atoms with Crippen LogP contribution in [0.5, 0.6) is 0 Å². The maximum Gasteiger partial charge on any atom is 0.357 e. The Balaban J connectivity index is 2.02. The van der Waals surface area contributed by atoms with E-state index in [4.69, 9.17) is 16.3 Å². The smallest absolute Gasteiger partial charge is 0.357 e. The standard InChI is InChI=1S/C18H16ClN3O2/c1-24-18(23)16-12(10-6-3-2-4-7-10)14(19)13-15(11-8-5-9-11)21-22-17(13)20-16/h2-4,6-7,11H,5,8-9H2,1H3,(H,20,21,22). The molecular weight excluding hydrogens is 326 g/mol. The van der Waals surface area contributed by atoms with Crippen LogP contribution in [0.1, 0.15) is 41.4 Å². The molecule has 0 radical (unpaired) electrons. The molecule has 1 N–H and O–H groups in total. The molecule has 1 aromatic carbocycles. The number of aromatic amines is 1. The van der Waals surface area contributed by atoms with Crippen molar-refractivity contribution in [2.24, 2.45) is 0 Å². The number of carbonyl (C=O) groups excluding carboxylic acids is 1. The van der Waals surface area contributed by atoms with E-state index >= 15 is 0 Å². The Kier molecular flexibility index (Phi) is 3.73. The molecule has 2 aromatic heterocycles. The molecule has 24 heavy (non-hydrogen) atoms. The van der Waals surface area contributed by atoms with E-state index in [2.05, 4.69) is 15.2 Å². The lowest BCUT2D eigenvalue weighted by molar-refractivity contribution is 0.0595. The van der Waals surface area contributed by atoms with Gasteiger partial charge in [-0.3, -0.25) is 5.10 Å². The molecule has 0 amide bonds. The molecule has 1 aliphatic rings. The van der Waals surface area contributed by atoms with Gasteiger partial charge >= 0.3 is 5.97 Å². The highest BCUT2D eigenvalue weighted by Gasteiger charge is 2.29. The van der Waals surface area contributed by atoms with Crippen molar-refractivity contribution in [3.05, 3.63) is 46.7 Å². The van der Waals surface area contributed by atoms with Crippen molar-refractivity contribution in [1.82, 2.24) is 15.2 Å². The Morgan fingerprint density at radius 1 is 1.29 bits per heavy atom. The van der Waals surface area contributed by atoms with Crippen molar-refractivity contribution in [1.29, 1.82) is 0 Å². The maximum atomic E-state index is 12.2. The first kappa shape index (κ1) is 15.1. The molecule has 0 bridgehead atoms. The zero-order valence-corrected chi connectivity index (χ0v) is 13.9. The number of hydrogen-bond donors (Lipinski definition) is 1. The first-order chi connectivity index (χ1) is 11.7. The van der Waals surface area contributed by atoms with E-state index in [1.807, 2.05) is 30.3 Å². The van der Waals surface area contributed by atoms with Crippen LogP contribution in [-0.2, 0) is 4.74 Å². The maximum absolute atomic E-state index is 12.2. The van der Waals surface area contributed by atoms with Crippen molar-refractivity contribution in [3.63, 3.8) is 0 Å². The summed E-state index contributed by atoms with van der Waals surface area (Å²) in [4.78, 5) is 16.7. The van der Waals surface area contributed by atoms with Crippen molar-refractivity contribution >= 4 is 28.6 Å². The van der Waals surface area contributed by atoms with Gasteiger partial charge in [0.05, 0.1) is 17.5 Å². The lowest BCUT2D eigenvalue weighted by Crippen LogP contribution is -2.10. The van der Waals surface area contributed by atoms with Crippen LogP contribution >= 0.6 is 11.6 Å². The molecule has 1 saturated carbocycles. The fourth-order valence-corrected chi connectivity index (χ4v) is 3.52. The third kappa shape index (κ3) is 2.27. The summed E-state index contributed by atoms with van der Waals surface area (Å²) in [6, 6.07) is 9.53. The van der Waals surface area contributed by atoms with Crippen LogP contribution in [0.2, 0.25) is 5.02 Å². The zero-order chi connectivity index (χ0) is 16.7. The van der Waals surface area contributed by atoms with Crippen molar-refractivity contribution in [3.8, 4) is 11.1 Å². The van der Waals surface area contributed by atoms with Gasteiger partial charge in [0.1, 0.15) is 0 Å². The number of ether oxygens (including phenoxy) is 1. The van der Waals surface area contributed by atoms with Crippen molar-refractivity contribution in [2.45, 2.75) is 25.2 Å². The van der Waals surface area contributed by atoms with Crippen LogP contribution in [-0.4, -0.2) is 28.3 Å². The summed E-state index contributed by atoms with van der Waals surface area (Å²) in [6.45, 7) is 0. The molecule has 6 heteroatoms. The summed E-state index contributed by atoms with van der Waals surface area (Å²) in [5.41, 5.74) is 3.09. The molecule has 122 valence electrons. The zero-order valence-electron chi connectivity index (χ0n) is 13.2. The number of esters is 1. The average molecular weight is 342 g/mol. The number of fused-ring (bicyclic) bond motifs is 1. The fraction of sp³-hybridized carbons (Fsp3) is 0.278. The number of halogens is 1. The Bertz CT molecular complexity index is 917. The first-order valence-electron chi connectivity index (χ1n) is 7.92. The van der Waals surface area contributed by atoms with Gasteiger partial charge in [-0.1, -0.05) is 48.4 Å². The Hall–Kier alpha value is -2.40. The van der Waals surface area contributed by atoms with Gasteiger partial charge < -0.3 is 4.74 Å². The minimum Gasteiger partial charge on any atom is -0.464 e. The van der Waals surface area contributed by atoms with Gasteiger partial charge in [-0.15, -0.1) is 0 Å².